The number of aromatic nitrogens is 2. The van der Waals surface area contributed by atoms with Gasteiger partial charge in [0.25, 0.3) is 0 Å². The summed E-state index contributed by atoms with van der Waals surface area (Å²) >= 11 is 6.28. The van der Waals surface area contributed by atoms with Crippen molar-refractivity contribution in [3.8, 4) is 0 Å². The van der Waals surface area contributed by atoms with Crippen molar-refractivity contribution in [2.75, 3.05) is 13.2 Å². The summed E-state index contributed by atoms with van der Waals surface area (Å²) in [4.78, 5) is 0. The minimum atomic E-state index is 0.244. The minimum absolute atomic E-state index is 0.244. The van der Waals surface area contributed by atoms with Crippen LogP contribution in [0.25, 0.3) is 0 Å². The number of aryl methyl sites for hydroxylation is 2. The van der Waals surface area contributed by atoms with Crippen LogP contribution >= 0.6 is 11.6 Å². The molecular formula is C11H17ClN2O. The van der Waals surface area contributed by atoms with E-state index in [1.165, 1.54) is 5.69 Å². The number of hydrogen-bond acceptors (Lipinski definition) is 2. The zero-order valence-electron chi connectivity index (χ0n) is 9.24. The van der Waals surface area contributed by atoms with Gasteiger partial charge < -0.3 is 4.74 Å². The summed E-state index contributed by atoms with van der Waals surface area (Å²) in [5.41, 5.74) is 2.31. The molecule has 3 nitrogen and oxygen atoms in total. The number of halogens is 1. The van der Waals surface area contributed by atoms with Crippen molar-refractivity contribution in [3.63, 3.8) is 0 Å². The smallest absolute Gasteiger partial charge is 0.0596 e. The summed E-state index contributed by atoms with van der Waals surface area (Å²) in [6, 6.07) is 2.12. The first-order valence-electron chi connectivity index (χ1n) is 5.38. The van der Waals surface area contributed by atoms with Gasteiger partial charge in [-0.3, -0.25) is 4.68 Å². The highest BCUT2D eigenvalue weighted by Crippen LogP contribution is 2.24. The predicted octanol–water partition coefficient (Wildman–Crippen LogP) is 1.91. The molecule has 0 aliphatic carbocycles. The highest BCUT2D eigenvalue weighted by Gasteiger charge is 2.24. The average Bonchev–Trinajstić information content (AvgIpc) is 2.49. The van der Waals surface area contributed by atoms with Gasteiger partial charge in [0.15, 0.2) is 0 Å². The van der Waals surface area contributed by atoms with Crippen molar-refractivity contribution in [3.05, 3.63) is 17.5 Å². The van der Waals surface area contributed by atoms with Gasteiger partial charge in [-0.2, -0.15) is 5.10 Å². The maximum atomic E-state index is 6.28. The lowest BCUT2D eigenvalue weighted by Gasteiger charge is -2.27. The van der Waals surface area contributed by atoms with Crippen LogP contribution in [0.1, 0.15) is 17.8 Å². The normalized spacial score (nSPS) is 26.9. The van der Waals surface area contributed by atoms with Crippen LogP contribution < -0.4 is 0 Å². The molecule has 1 saturated heterocycles. The monoisotopic (exact) mass is 228 g/mol. The van der Waals surface area contributed by atoms with Gasteiger partial charge in [0.05, 0.1) is 12.3 Å². The molecule has 15 heavy (non-hydrogen) atoms. The molecule has 0 N–H and O–H groups in total. The zero-order chi connectivity index (χ0) is 10.8. The maximum Gasteiger partial charge on any atom is 0.0596 e. The lowest BCUT2D eigenvalue weighted by Crippen LogP contribution is -2.30. The van der Waals surface area contributed by atoms with E-state index in [1.807, 2.05) is 18.7 Å². The van der Waals surface area contributed by atoms with E-state index in [0.717, 1.165) is 31.7 Å². The highest BCUT2D eigenvalue weighted by atomic mass is 35.5. The van der Waals surface area contributed by atoms with E-state index in [4.69, 9.17) is 16.3 Å². The Morgan fingerprint density at radius 3 is 3.07 bits per heavy atom. The van der Waals surface area contributed by atoms with Gasteiger partial charge >= 0.3 is 0 Å². The molecule has 2 rings (SSSR count). The Bertz CT molecular complexity index is 337. The zero-order valence-corrected chi connectivity index (χ0v) is 10.00. The lowest BCUT2D eigenvalue weighted by atomic mass is 9.96. The molecule has 1 fully saturated rings. The highest BCUT2D eigenvalue weighted by molar-refractivity contribution is 6.20. The number of ether oxygens (including phenoxy) is 1. The molecule has 2 atom stereocenters. The molecule has 0 saturated carbocycles. The van der Waals surface area contributed by atoms with Gasteiger partial charge in [0.2, 0.25) is 0 Å². The van der Waals surface area contributed by atoms with Crippen molar-refractivity contribution in [2.45, 2.75) is 25.1 Å². The van der Waals surface area contributed by atoms with Gasteiger partial charge in [-0.25, -0.2) is 0 Å². The van der Waals surface area contributed by atoms with Gasteiger partial charge in [-0.05, 0) is 25.8 Å². The quantitative estimate of drug-likeness (QED) is 0.724. The second-order valence-corrected chi connectivity index (χ2v) is 4.81. The molecular weight excluding hydrogens is 212 g/mol. The molecule has 0 spiro atoms. The van der Waals surface area contributed by atoms with Crippen LogP contribution in [-0.2, 0) is 18.2 Å². The summed E-state index contributed by atoms with van der Waals surface area (Å²) in [7, 11) is 1.98. The molecule has 1 aromatic heterocycles. The Morgan fingerprint density at radius 1 is 1.67 bits per heavy atom. The van der Waals surface area contributed by atoms with Crippen LogP contribution in [-0.4, -0.2) is 28.4 Å². The molecule has 4 heteroatoms. The molecule has 0 amide bonds. The molecule has 1 aromatic rings. The predicted molar refractivity (Wildman–Crippen MR) is 60.2 cm³/mol. The number of rotatable bonds is 2. The van der Waals surface area contributed by atoms with E-state index in [-0.39, 0.29) is 5.38 Å². The first-order chi connectivity index (χ1) is 7.16. The summed E-state index contributed by atoms with van der Waals surface area (Å²) in [6.45, 7) is 3.59. The van der Waals surface area contributed by atoms with Crippen molar-refractivity contribution in [2.24, 2.45) is 13.0 Å². The number of hydrogen-bond donors (Lipinski definition) is 0. The van der Waals surface area contributed by atoms with Crippen LogP contribution in [0.3, 0.4) is 0 Å². The van der Waals surface area contributed by atoms with Crippen LogP contribution in [0.4, 0.5) is 0 Å². The van der Waals surface area contributed by atoms with E-state index in [9.17, 15) is 0 Å². The molecule has 84 valence electrons. The SMILES string of the molecule is Cc1cc(CC2COCCC2Cl)n(C)n1. The largest absolute Gasteiger partial charge is 0.381 e. The average molecular weight is 229 g/mol. The minimum Gasteiger partial charge on any atom is -0.381 e. The summed E-state index contributed by atoms with van der Waals surface area (Å²) < 4.78 is 7.40. The molecule has 0 bridgehead atoms. The van der Waals surface area contributed by atoms with Crippen LogP contribution in [0, 0.1) is 12.8 Å². The third-order valence-corrected chi connectivity index (χ3v) is 3.53. The Labute approximate surface area is 95.4 Å². The van der Waals surface area contributed by atoms with Crippen LogP contribution in [0.2, 0.25) is 0 Å². The van der Waals surface area contributed by atoms with Crippen molar-refractivity contribution >= 4 is 11.6 Å². The standard InChI is InChI=1S/C11H17ClN2O/c1-8-5-10(14(2)13-8)6-9-7-15-4-3-11(9)12/h5,9,11H,3-4,6-7H2,1-2H3. The second kappa shape index (κ2) is 4.54. The molecule has 1 aliphatic heterocycles. The molecule has 0 radical (unpaired) electrons. The van der Waals surface area contributed by atoms with Gasteiger partial charge in [0.1, 0.15) is 0 Å². The van der Waals surface area contributed by atoms with Crippen molar-refractivity contribution in [1.82, 2.24) is 9.78 Å². The van der Waals surface area contributed by atoms with Gasteiger partial charge in [-0.15, -0.1) is 11.6 Å². The van der Waals surface area contributed by atoms with E-state index in [0.29, 0.717) is 5.92 Å². The van der Waals surface area contributed by atoms with Gasteiger partial charge in [-0.1, -0.05) is 0 Å². The Kier molecular flexibility index (Phi) is 3.32. The van der Waals surface area contributed by atoms with E-state index in [1.54, 1.807) is 0 Å². The topological polar surface area (TPSA) is 27.1 Å². The van der Waals surface area contributed by atoms with Gasteiger partial charge in [0, 0.05) is 30.6 Å². The third kappa shape index (κ3) is 2.52. The number of alkyl halides is 1. The fourth-order valence-electron chi connectivity index (χ4n) is 2.08. The number of nitrogens with zero attached hydrogens (tertiary/aromatic N) is 2. The van der Waals surface area contributed by atoms with Crippen molar-refractivity contribution in [1.29, 1.82) is 0 Å². The summed E-state index contributed by atoms with van der Waals surface area (Å²) in [5, 5.41) is 4.58. The molecule has 0 aromatic carbocycles. The van der Waals surface area contributed by atoms with Crippen LogP contribution in [0.5, 0.6) is 0 Å². The van der Waals surface area contributed by atoms with Crippen molar-refractivity contribution < 1.29 is 4.74 Å². The van der Waals surface area contributed by atoms with E-state index >= 15 is 0 Å². The molecule has 2 unspecified atom stereocenters. The first kappa shape index (κ1) is 11.0. The first-order valence-corrected chi connectivity index (χ1v) is 5.82. The molecule has 1 aliphatic rings. The Balaban J connectivity index is 2.04. The van der Waals surface area contributed by atoms with Crippen LogP contribution in [0.15, 0.2) is 6.07 Å². The summed E-state index contributed by atoms with van der Waals surface area (Å²) in [6.07, 6.45) is 1.93. The third-order valence-electron chi connectivity index (χ3n) is 2.95. The second-order valence-electron chi connectivity index (χ2n) is 4.24. The maximum absolute atomic E-state index is 6.28. The fourth-order valence-corrected chi connectivity index (χ4v) is 2.33. The molecule has 2 heterocycles. The van der Waals surface area contributed by atoms with E-state index < -0.39 is 0 Å². The Hall–Kier alpha value is -0.540. The lowest BCUT2D eigenvalue weighted by molar-refractivity contribution is 0.0571. The fraction of sp³-hybridized carbons (Fsp3) is 0.727. The van der Waals surface area contributed by atoms with E-state index in [2.05, 4.69) is 11.2 Å². The summed E-state index contributed by atoms with van der Waals surface area (Å²) in [5.74, 6) is 0.426. The Morgan fingerprint density at radius 2 is 2.47 bits per heavy atom.